The molecule has 10 rings (SSSR count). The molecule has 0 spiro atoms. The average Bonchev–Trinajstić information content (AvgIpc) is 3.85. The van der Waals surface area contributed by atoms with E-state index in [1.165, 1.54) is 0 Å². The first-order chi connectivity index (χ1) is 24.8. The minimum absolute atomic E-state index is 0.143. The molecule has 1 unspecified atom stereocenters. The van der Waals surface area contributed by atoms with Gasteiger partial charge in [0.05, 0.1) is 10.8 Å². The van der Waals surface area contributed by atoms with E-state index < -0.39 is 47.3 Å². The Hall–Kier alpha value is -5.35. The van der Waals surface area contributed by atoms with E-state index in [0.29, 0.717) is 30.7 Å². The molecule has 11 heteroatoms. The van der Waals surface area contributed by atoms with E-state index in [1.54, 1.807) is 21.9 Å². The third-order valence-corrected chi connectivity index (χ3v) is 12.6. The minimum Gasteiger partial charge on any atom is -0.364 e. The molecule has 6 heterocycles. The monoisotopic (exact) mass is 698 g/mol. The van der Waals surface area contributed by atoms with E-state index in [0.717, 1.165) is 33.6 Å². The van der Waals surface area contributed by atoms with Crippen molar-refractivity contribution < 1.29 is 19.2 Å². The molecule has 0 aromatic heterocycles. The third-order valence-electron chi connectivity index (χ3n) is 12.4. The number of hydrogen-bond acceptors (Lipinski definition) is 6. The molecular formula is C40H35ClN6O4. The molecule has 4 N–H and O–H groups in total. The molecule has 0 aliphatic carbocycles. The molecule has 0 bridgehead atoms. The maximum atomic E-state index is 14.7. The Morgan fingerprint density at radius 3 is 1.47 bits per heavy atom. The number of nitrogens with one attached hydrogen (secondary N) is 4. The summed E-state index contributed by atoms with van der Waals surface area (Å²) in [5, 5.41) is 14.2. The fourth-order valence-electron chi connectivity index (χ4n) is 10.4. The van der Waals surface area contributed by atoms with Crippen LogP contribution in [0, 0.1) is 0 Å². The Kier molecular flexibility index (Phi) is 6.47. The summed E-state index contributed by atoms with van der Waals surface area (Å²) in [6.45, 7) is 0. The summed E-state index contributed by atoms with van der Waals surface area (Å²) in [6.07, 6.45) is 0.137. The molecule has 8 atom stereocenters. The van der Waals surface area contributed by atoms with Crippen LogP contribution in [0.15, 0.2) is 103 Å². The van der Waals surface area contributed by atoms with Gasteiger partial charge >= 0.3 is 0 Å². The average molecular weight is 699 g/mol. The number of amides is 4. The molecule has 51 heavy (non-hydrogen) atoms. The van der Waals surface area contributed by atoms with Crippen molar-refractivity contribution in [2.75, 3.05) is 10.6 Å². The standard InChI is InChI=1S/C40H35ClN6O4/c41-24-16-14-23(15-17-24)19-30-36(51)47-32(34(49)43-30)21-40(26-11-5-7-13-28(26)45-38(40)47)39-20-31-33(48)42-29(18-22-8-2-1-3-9-22)35(50)46(31)37(39)44-27-12-6-4-10-25(27)39/h1-17,29-32,37-38,44-45H,18-21H2,(H,42,48)(H,43,49)/t29-,30-,31-,32-,37+,38?,39-,40+/m0/s1. The molecule has 4 saturated heterocycles. The van der Waals surface area contributed by atoms with E-state index >= 15 is 0 Å². The molecule has 10 nitrogen and oxygen atoms in total. The van der Waals surface area contributed by atoms with Crippen LogP contribution in [-0.4, -0.2) is 69.9 Å². The highest BCUT2D eigenvalue weighted by Crippen LogP contribution is 2.68. The van der Waals surface area contributed by atoms with Crippen molar-refractivity contribution in [3.63, 3.8) is 0 Å². The topological polar surface area (TPSA) is 123 Å². The van der Waals surface area contributed by atoms with Gasteiger partial charge in [-0.1, -0.05) is 90.5 Å². The molecule has 0 radical (unpaired) electrons. The van der Waals surface area contributed by atoms with Crippen LogP contribution in [0.5, 0.6) is 0 Å². The largest absolute Gasteiger partial charge is 0.364 e. The molecule has 4 amide bonds. The lowest BCUT2D eigenvalue weighted by Gasteiger charge is -2.48. The minimum atomic E-state index is -0.881. The number of hydrogen-bond donors (Lipinski definition) is 4. The Balaban J connectivity index is 1.12. The smallest absolute Gasteiger partial charge is 0.247 e. The number of carbonyl (C=O) groups is 4. The Morgan fingerprint density at radius 1 is 0.549 bits per heavy atom. The Morgan fingerprint density at radius 2 is 0.980 bits per heavy atom. The van der Waals surface area contributed by atoms with Gasteiger partial charge in [0.1, 0.15) is 36.5 Å². The summed E-state index contributed by atoms with van der Waals surface area (Å²) in [4.78, 5) is 61.2. The third kappa shape index (κ3) is 4.05. The number of piperazine rings is 2. The van der Waals surface area contributed by atoms with E-state index in [-0.39, 0.29) is 23.6 Å². The molecular weight excluding hydrogens is 664 g/mol. The van der Waals surface area contributed by atoms with Crippen LogP contribution in [0.4, 0.5) is 11.4 Å². The van der Waals surface area contributed by atoms with Gasteiger partial charge in [0.2, 0.25) is 23.6 Å². The van der Waals surface area contributed by atoms with Gasteiger partial charge in [-0.05, 0) is 59.4 Å². The summed E-state index contributed by atoms with van der Waals surface area (Å²) >= 11 is 6.14. The first-order valence-corrected chi connectivity index (χ1v) is 17.9. The van der Waals surface area contributed by atoms with Crippen molar-refractivity contribution in [3.05, 3.63) is 130 Å². The van der Waals surface area contributed by atoms with Crippen LogP contribution in [0.1, 0.15) is 35.1 Å². The van der Waals surface area contributed by atoms with Crippen LogP contribution in [0.3, 0.4) is 0 Å². The molecule has 6 aliphatic heterocycles. The maximum absolute atomic E-state index is 14.7. The zero-order valence-electron chi connectivity index (χ0n) is 27.5. The van der Waals surface area contributed by atoms with Crippen LogP contribution in [-0.2, 0) is 42.8 Å². The van der Waals surface area contributed by atoms with Gasteiger partial charge < -0.3 is 31.1 Å². The van der Waals surface area contributed by atoms with Gasteiger partial charge in [0.25, 0.3) is 0 Å². The lowest BCUT2D eigenvalue weighted by atomic mass is 9.54. The Bertz CT molecular complexity index is 2150. The summed E-state index contributed by atoms with van der Waals surface area (Å²) in [5.41, 5.74) is 3.83. The van der Waals surface area contributed by atoms with Crippen molar-refractivity contribution in [1.29, 1.82) is 0 Å². The van der Waals surface area contributed by atoms with Gasteiger partial charge in [-0.25, -0.2) is 0 Å². The van der Waals surface area contributed by atoms with E-state index in [1.807, 2.05) is 78.9 Å². The van der Waals surface area contributed by atoms with Crippen LogP contribution in [0.2, 0.25) is 5.02 Å². The quantitative estimate of drug-likeness (QED) is 0.252. The summed E-state index contributed by atoms with van der Waals surface area (Å²) in [5.74, 6) is -0.707. The second-order valence-electron chi connectivity index (χ2n) is 14.7. The van der Waals surface area contributed by atoms with Crippen molar-refractivity contribution in [2.45, 2.75) is 73.0 Å². The van der Waals surface area contributed by atoms with Crippen molar-refractivity contribution in [2.24, 2.45) is 0 Å². The first-order valence-electron chi connectivity index (χ1n) is 17.6. The molecule has 0 saturated carbocycles. The van der Waals surface area contributed by atoms with Crippen molar-refractivity contribution in [1.82, 2.24) is 20.4 Å². The number of benzene rings is 4. The highest BCUT2D eigenvalue weighted by molar-refractivity contribution is 6.30. The zero-order chi connectivity index (χ0) is 34.6. The van der Waals surface area contributed by atoms with Gasteiger partial charge in [0, 0.05) is 29.2 Å². The van der Waals surface area contributed by atoms with Gasteiger partial charge in [-0.15, -0.1) is 0 Å². The summed E-state index contributed by atoms with van der Waals surface area (Å²) in [6, 6.07) is 30.2. The van der Waals surface area contributed by atoms with Gasteiger partial charge in [0.15, 0.2) is 0 Å². The van der Waals surface area contributed by atoms with E-state index in [9.17, 15) is 19.2 Å². The second-order valence-corrected chi connectivity index (χ2v) is 15.1. The molecule has 6 aliphatic rings. The summed E-state index contributed by atoms with van der Waals surface area (Å²) in [7, 11) is 0. The SMILES string of the molecule is O=C1N[C@@H](Cc2ccc(Cl)cc2)C(=O)N2C3Nc4ccccc4[C@]3([C@]34C[C@H]5C(=O)N[C@@H](Cc6ccccc6)C(=O)N5[C@H]3Nc3ccccc34)C[C@@H]12. The molecule has 4 aromatic carbocycles. The fourth-order valence-corrected chi connectivity index (χ4v) is 10.5. The number of nitrogens with zero attached hydrogens (tertiary/aromatic N) is 2. The highest BCUT2D eigenvalue weighted by Gasteiger charge is 2.78. The highest BCUT2D eigenvalue weighted by atomic mass is 35.5. The molecule has 4 fully saturated rings. The zero-order valence-corrected chi connectivity index (χ0v) is 28.3. The Labute approximate surface area is 299 Å². The number of anilines is 2. The fraction of sp³-hybridized carbons (Fsp3) is 0.300. The lowest BCUT2D eigenvalue weighted by Crippen LogP contribution is -2.67. The van der Waals surface area contributed by atoms with Crippen LogP contribution >= 0.6 is 11.6 Å². The van der Waals surface area contributed by atoms with Crippen molar-refractivity contribution in [3.8, 4) is 0 Å². The van der Waals surface area contributed by atoms with Crippen molar-refractivity contribution >= 4 is 46.6 Å². The van der Waals surface area contributed by atoms with Crippen LogP contribution < -0.4 is 21.3 Å². The first kappa shape index (κ1) is 30.5. The predicted molar refractivity (Wildman–Crippen MR) is 191 cm³/mol. The van der Waals surface area contributed by atoms with Crippen LogP contribution in [0.25, 0.3) is 0 Å². The normalized spacial score (nSPS) is 32.5. The number of rotatable bonds is 5. The second kappa shape index (κ2) is 10.8. The number of carbonyl (C=O) groups excluding carboxylic acids is 4. The van der Waals surface area contributed by atoms with E-state index in [4.69, 9.17) is 11.6 Å². The molecule has 256 valence electrons. The molecule has 4 aromatic rings. The lowest BCUT2D eigenvalue weighted by molar-refractivity contribution is -0.149. The predicted octanol–water partition coefficient (Wildman–Crippen LogP) is 3.70. The number of halogens is 1. The maximum Gasteiger partial charge on any atom is 0.247 e. The van der Waals surface area contributed by atoms with E-state index in [2.05, 4.69) is 33.4 Å². The number of fused-ring (bicyclic) bond motifs is 11. The number of para-hydroxylation sites is 2. The van der Waals surface area contributed by atoms with Gasteiger partial charge in [-0.3, -0.25) is 19.2 Å². The van der Waals surface area contributed by atoms with Gasteiger partial charge in [-0.2, -0.15) is 0 Å². The summed E-state index contributed by atoms with van der Waals surface area (Å²) < 4.78 is 0.